The minimum absolute atomic E-state index is 0.116. The topological polar surface area (TPSA) is 74.8 Å². The van der Waals surface area contributed by atoms with Gasteiger partial charge in [0.05, 0.1) is 29.4 Å². The molecule has 5 nitrogen and oxygen atoms in total. The standard InChI is InChI=1S/C18H14Cl2N2O3/c19-11-5-6-15(20)16(9-11)22-17(24)13-4-2-1-3-12(13)14(18(22)25)10-21-7-8-23/h1-6,9-10,23,25H,7-8H2. The second-order valence-electron chi connectivity index (χ2n) is 5.28. The molecule has 0 atom stereocenters. The zero-order valence-corrected chi connectivity index (χ0v) is 14.5. The van der Waals surface area contributed by atoms with Crippen LogP contribution in [0.25, 0.3) is 16.5 Å². The number of fused-ring (bicyclic) bond motifs is 1. The van der Waals surface area contributed by atoms with Crippen molar-refractivity contribution in [3.8, 4) is 11.6 Å². The Hall–Kier alpha value is -2.34. The van der Waals surface area contributed by atoms with Crippen LogP contribution < -0.4 is 5.56 Å². The fourth-order valence-electron chi connectivity index (χ4n) is 2.58. The van der Waals surface area contributed by atoms with Gasteiger partial charge in [0.1, 0.15) is 0 Å². The van der Waals surface area contributed by atoms with Crippen LogP contribution >= 0.6 is 23.2 Å². The van der Waals surface area contributed by atoms with E-state index in [1.54, 1.807) is 36.4 Å². The van der Waals surface area contributed by atoms with E-state index in [4.69, 9.17) is 28.3 Å². The Labute approximate surface area is 153 Å². The number of aromatic hydroxyl groups is 1. The smallest absolute Gasteiger partial charge is 0.265 e. The van der Waals surface area contributed by atoms with Crippen LogP contribution in [0, 0.1) is 0 Å². The van der Waals surface area contributed by atoms with Crippen molar-refractivity contribution < 1.29 is 10.2 Å². The number of aliphatic hydroxyl groups is 1. The second-order valence-corrected chi connectivity index (χ2v) is 6.12. The molecule has 3 rings (SSSR count). The molecule has 0 aliphatic rings. The summed E-state index contributed by atoms with van der Waals surface area (Å²) in [6, 6.07) is 11.5. The summed E-state index contributed by atoms with van der Waals surface area (Å²) in [6.07, 6.45) is 1.43. The number of rotatable bonds is 4. The number of benzene rings is 2. The summed E-state index contributed by atoms with van der Waals surface area (Å²) >= 11 is 12.2. The fourth-order valence-corrected chi connectivity index (χ4v) is 2.95. The fraction of sp³-hybridized carbons (Fsp3) is 0.111. The van der Waals surface area contributed by atoms with Crippen molar-refractivity contribution in [3.05, 3.63) is 68.4 Å². The number of aromatic nitrogens is 1. The SMILES string of the molecule is O=c1c2ccccc2c(C=NCCO)c(O)n1-c1cc(Cl)ccc1Cl. The molecular formula is C18H14Cl2N2O3. The lowest BCUT2D eigenvalue weighted by Gasteiger charge is -2.15. The summed E-state index contributed by atoms with van der Waals surface area (Å²) in [4.78, 5) is 17.0. The van der Waals surface area contributed by atoms with Crippen LogP contribution in [0.3, 0.4) is 0 Å². The van der Waals surface area contributed by atoms with Crippen molar-refractivity contribution in [2.24, 2.45) is 4.99 Å². The van der Waals surface area contributed by atoms with E-state index in [2.05, 4.69) is 4.99 Å². The van der Waals surface area contributed by atoms with Crippen molar-refractivity contribution in [1.82, 2.24) is 4.57 Å². The van der Waals surface area contributed by atoms with E-state index in [9.17, 15) is 9.90 Å². The summed E-state index contributed by atoms with van der Waals surface area (Å²) in [5.41, 5.74) is 0.218. The van der Waals surface area contributed by atoms with Gasteiger partial charge in [0.25, 0.3) is 5.56 Å². The Morgan fingerprint density at radius 3 is 2.56 bits per heavy atom. The predicted octanol–water partition coefficient (Wildman–Crippen LogP) is 3.41. The highest BCUT2D eigenvalue weighted by Gasteiger charge is 2.18. The number of pyridine rings is 1. The predicted molar refractivity (Wildman–Crippen MR) is 101 cm³/mol. The Kier molecular flexibility index (Phi) is 5.08. The lowest BCUT2D eigenvalue weighted by atomic mass is 10.1. The Morgan fingerprint density at radius 2 is 1.84 bits per heavy atom. The third-order valence-corrected chi connectivity index (χ3v) is 4.26. The minimum atomic E-state index is -0.420. The van der Waals surface area contributed by atoms with Crippen molar-refractivity contribution in [3.63, 3.8) is 0 Å². The monoisotopic (exact) mass is 376 g/mol. The van der Waals surface area contributed by atoms with E-state index >= 15 is 0 Å². The molecule has 0 spiro atoms. The van der Waals surface area contributed by atoms with Gasteiger partial charge in [-0.1, -0.05) is 41.4 Å². The van der Waals surface area contributed by atoms with Gasteiger partial charge >= 0.3 is 0 Å². The van der Waals surface area contributed by atoms with Gasteiger partial charge in [0.15, 0.2) is 0 Å². The molecule has 0 aliphatic heterocycles. The molecule has 1 aromatic heterocycles. The quantitative estimate of drug-likeness (QED) is 0.685. The van der Waals surface area contributed by atoms with E-state index in [0.717, 1.165) is 4.57 Å². The molecule has 0 unspecified atom stereocenters. The molecule has 2 N–H and O–H groups in total. The number of aliphatic imine (C=N–C) groups is 1. The molecule has 2 aromatic carbocycles. The highest BCUT2D eigenvalue weighted by Crippen LogP contribution is 2.30. The van der Waals surface area contributed by atoms with Gasteiger partial charge < -0.3 is 10.2 Å². The van der Waals surface area contributed by atoms with Crippen molar-refractivity contribution in [2.45, 2.75) is 0 Å². The average molecular weight is 377 g/mol. The maximum Gasteiger partial charge on any atom is 0.265 e. The summed E-state index contributed by atoms with van der Waals surface area (Å²) in [7, 11) is 0. The van der Waals surface area contributed by atoms with Crippen LogP contribution in [0.4, 0.5) is 0 Å². The molecule has 7 heteroatoms. The number of aliphatic hydroxyl groups excluding tert-OH is 1. The van der Waals surface area contributed by atoms with E-state index in [-0.39, 0.29) is 29.7 Å². The lowest BCUT2D eigenvalue weighted by Crippen LogP contribution is -2.20. The van der Waals surface area contributed by atoms with Gasteiger partial charge in [0, 0.05) is 22.0 Å². The number of hydrogen-bond acceptors (Lipinski definition) is 4. The van der Waals surface area contributed by atoms with Crippen LogP contribution in [-0.4, -0.2) is 34.1 Å². The summed E-state index contributed by atoms with van der Waals surface area (Å²) in [5.74, 6) is -0.297. The number of halogens is 2. The van der Waals surface area contributed by atoms with Crippen molar-refractivity contribution in [2.75, 3.05) is 13.2 Å². The van der Waals surface area contributed by atoms with Gasteiger partial charge in [-0.3, -0.25) is 9.79 Å². The van der Waals surface area contributed by atoms with E-state index in [0.29, 0.717) is 21.4 Å². The van der Waals surface area contributed by atoms with Gasteiger partial charge in [-0.15, -0.1) is 0 Å². The van der Waals surface area contributed by atoms with Gasteiger partial charge in [-0.2, -0.15) is 0 Å². The largest absolute Gasteiger partial charge is 0.494 e. The molecule has 128 valence electrons. The van der Waals surface area contributed by atoms with Gasteiger partial charge in [0.2, 0.25) is 5.88 Å². The van der Waals surface area contributed by atoms with Crippen LogP contribution in [0.1, 0.15) is 5.56 Å². The summed E-state index contributed by atoms with van der Waals surface area (Å²) in [5, 5.41) is 21.3. The summed E-state index contributed by atoms with van der Waals surface area (Å²) < 4.78 is 1.11. The maximum atomic E-state index is 12.9. The molecular weight excluding hydrogens is 363 g/mol. The molecule has 0 saturated carbocycles. The maximum absolute atomic E-state index is 12.9. The third kappa shape index (κ3) is 3.26. The van der Waals surface area contributed by atoms with E-state index < -0.39 is 5.56 Å². The normalized spacial score (nSPS) is 11.5. The molecule has 0 saturated heterocycles. The Bertz CT molecular complexity index is 1030. The van der Waals surface area contributed by atoms with Gasteiger partial charge in [-0.25, -0.2) is 4.57 Å². The second kappa shape index (κ2) is 7.27. The molecule has 0 radical (unpaired) electrons. The zero-order valence-electron chi connectivity index (χ0n) is 13.0. The molecule has 25 heavy (non-hydrogen) atoms. The van der Waals surface area contributed by atoms with E-state index in [1.165, 1.54) is 12.3 Å². The number of hydrogen-bond donors (Lipinski definition) is 2. The molecule has 0 bridgehead atoms. The van der Waals surface area contributed by atoms with Crippen LogP contribution in [0.2, 0.25) is 10.0 Å². The van der Waals surface area contributed by atoms with Crippen molar-refractivity contribution in [1.29, 1.82) is 0 Å². The average Bonchev–Trinajstić information content (AvgIpc) is 2.61. The molecule has 0 fully saturated rings. The first-order valence-electron chi connectivity index (χ1n) is 7.47. The highest BCUT2D eigenvalue weighted by molar-refractivity contribution is 6.34. The first kappa shape index (κ1) is 17.5. The minimum Gasteiger partial charge on any atom is -0.494 e. The van der Waals surface area contributed by atoms with Crippen molar-refractivity contribution >= 4 is 40.2 Å². The Morgan fingerprint density at radius 1 is 1.12 bits per heavy atom. The molecule has 0 aliphatic carbocycles. The molecule has 0 amide bonds. The number of nitrogens with zero attached hydrogens (tertiary/aromatic N) is 2. The first-order valence-corrected chi connectivity index (χ1v) is 8.23. The van der Waals surface area contributed by atoms with Gasteiger partial charge in [-0.05, 0) is 24.3 Å². The molecule has 3 aromatic rings. The zero-order chi connectivity index (χ0) is 18.0. The summed E-state index contributed by atoms with van der Waals surface area (Å²) in [6.45, 7) is 0.0692. The van der Waals surface area contributed by atoms with Crippen LogP contribution in [0.15, 0.2) is 52.3 Å². The van der Waals surface area contributed by atoms with Crippen LogP contribution in [0.5, 0.6) is 5.88 Å². The molecule has 1 heterocycles. The first-order chi connectivity index (χ1) is 12.0. The van der Waals surface area contributed by atoms with E-state index in [1.807, 2.05) is 0 Å². The highest BCUT2D eigenvalue weighted by atomic mass is 35.5. The third-order valence-electron chi connectivity index (χ3n) is 3.70. The van der Waals surface area contributed by atoms with Crippen LogP contribution in [-0.2, 0) is 0 Å². The Balaban J connectivity index is 2.40. The lowest BCUT2D eigenvalue weighted by molar-refractivity contribution is 0.307.